The average Bonchev–Trinajstić information content (AvgIpc) is 2.30. The van der Waals surface area contributed by atoms with Crippen LogP contribution in [0, 0.1) is 0 Å². The zero-order valence-corrected chi connectivity index (χ0v) is 8.00. The third-order valence-corrected chi connectivity index (χ3v) is 1.65. The summed E-state index contributed by atoms with van der Waals surface area (Å²) < 4.78 is 0. The van der Waals surface area contributed by atoms with Crippen LogP contribution < -0.4 is 0 Å². The van der Waals surface area contributed by atoms with Gasteiger partial charge >= 0.3 is 5.97 Å². The number of carboxylic acid groups (broad SMARTS) is 1. The fourth-order valence-corrected chi connectivity index (χ4v) is 1.02. The maximum atomic E-state index is 9.12. The molecule has 15 heavy (non-hydrogen) atoms. The van der Waals surface area contributed by atoms with Gasteiger partial charge < -0.3 is 10.2 Å². The highest BCUT2D eigenvalue weighted by atomic mass is 16.4. The van der Waals surface area contributed by atoms with Crippen LogP contribution >= 0.6 is 0 Å². The number of para-hydroxylation sites is 1. The Morgan fingerprint density at radius 2 is 1.80 bits per heavy atom. The number of pyridine rings is 1. The van der Waals surface area contributed by atoms with Crippen LogP contribution in [-0.2, 0) is 4.79 Å². The van der Waals surface area contributed by atoms with Crippen molar-refractivity contribution in [1.29, 1.82) is 0 Å². The predicted octanol–water partition coefficient (Wildman–Crippen LogP) is 1.30. The number of benzene rings is 1. The maximum Gasteiger partial charge on any atom is 0.329 e. The molecule has 2 rings (SSSR count). The van der Waals surface area contributed by atoms with E-state index in [1.165, 1.54) is 5.39 Å². The minimum Gasteiger partial charge on any atom is -0.480 e. The number of hydrogen-bond acceptors (Lipinski definition) is 3. The second kappa shape index (κ2) is 5.72. The molecule has 0 saturated carbocycles. The molecule has 0 aliphatic carbocycles. The number of nitrogens with zero attached hydrogens (tertiary/aromatic N) is 1. The standard InChI is InChI=1S/C9H7N.C2H4O3/c1-2-6-9-8(4-1)5-3-7-10-9;3-1-2(4)5/h1-7H;3H,1H2,(H,4,5). The first kappa shape index (κ1) is 11.1. The Morgan fingerprint density at radius 1 is 1.20 bits per heavy atom. The van der Waals surface area contributed by atoms with Crippen LogP contribution in [0.1, 0.15) is 0 Å². The van der Waals surface area contributed by atoms with E-state index in [4.69, 9.17) is 15.0 Å². The Bertz CT molecular complexity index is 377. The number of hydrogen-bond donors (Lipinski definition) is 2. The summed E-state index contributed by atoms with van der Waals surface area (Å²) in [6.45, 7) is -0.778. The monoisotopic (exact) mass is 205 g/mol. The highest BCUT2D eigenvalue weighted by molar-refractivity contribution is 5.77. The van der Waals surface area contributed by atoms with Gasteiger partial charge in [0.05, 0.1) is 5.52 Å². The van der Waals surface area contributed by atoms with Gasteiger partial charge in [0.2, 0.25) is 0 Å². The molecule has 1 aromatic carbocycles. The molecule has 2 N–H and O–H groups in total. The molecule has 0 saturated heterocycles. The molecule has 78 valence electrons. The summed E-state index contributed by atoms with van der Waals surface area (Å²) in [6.07, 6.45) is 1.81. The molecule has 0 spiro atoms. The van der Waals surface area contributed by atoms with E-state index in [1.54, 1.807) is 0 Å². The molecule has 0 atom stereocenters. The van der Waals surface area contributed by atoms with Crippen molar-refractivity contribution in [3.8, 4) is 0 Å². The van der Waals surface area contributed by atoms with Gasteiger partial charge in [-0.25, -0.2) is 4.79 Å². The largest absolute Gasteiger partial charge is 0.480 e. The molecule has 1 aromatic heterocycles. The van der Waals surface area contributed by atoms with E-state index in [2.05, 4.69) is 17.1 Å². The topological polar surface area (TPSA) is 70.4 Å². The number of aliphatic hydroxyl groups excluding tert-OH is 1. The zero-order chi connectivity index (χ0) is 11.1. The SMILES string of the molecule is O=C(O)CO.c1ccc2ncccc2c1. The lowest BCUT2D eigenvalue weighted by molar-refractivity contribution is -0.140. The number of rotatable bonds is 1. The highest BCUT2D eigenvalue weighted by Crippen LogP contribution is 2.07. The predicted molar refractivity (Wildman–Crippen MR) is 56.5 cm³/mol. The third-order valence-electron chi connectivity index (χ3n) is 1.65. The van der Waals surface area contributed by atoms with Crippen molar-refractivity contribution < 1.29 is 15.0 Å². The molecular formula is C11H11NO3. The van der Waals surface area contributed by atoms with Gasteiger partial charge in [0, 0.05) is 11.6 Å². The van der Waals surface area contributed by atoms with E-state index in [0.29, 0.717) is 0 Å². The van der Waals surface area contributed by atoms with E-state index in [9.17, 15) is 0 Å². The van der Waals surface area contributed by atoms with Gasteiger partial charge in [-0.2, -0.15) is 0 Å². The van der Waals surface area contributed by atoms with Crippen molar-refractivity contribution in [1.82, 2.24) is 4.98 Å². The fraction of sp³-hybridized carbons (Fsp3) is 0.0909. The number of aliphatic carboxylic acids is 1. The van der Waals surface area contributed by atoms with Crippen LogP contribution in [0.25, 0.3) is 10.9 Å². The smallest absolute Gasteiger partial charge is 0.329 e. The average molecular weight is 205 g/mol. The number of fused-ring (bicyclic) bond motifs is 1. The first-order valence-corrected chi connectivity index (χ1v) is 4.36. The third kappa shape index (κ3) is 3.74. The summed E-state index contributed by atoms with van der Waals surface area (Å²) in [5.74, 6) is -1.19. The number of aliphatic hydroxyl groups is 1. The minimum absolute atomic E-state index is 0.778. The summed E-state index contributed by atoms with van der Waals surface area (Å²) in [5, 5.41) is 16.2. The molecule has 0 aliphatic rings. The number of aromatic nitrogens is 1. The van der Waals surface area contributed by atoms with Gasteiger partial charge in [-0.05, 0) is 12.1 Å². The van der Waals surface area contributed by atoms with Crippen LogP contribution in [0.2, 0.25) is 0 Å². The Labute approximate surface area is 86.8 Å². The first-order chi connectivity index (χ1) is 7.24. The van der Waals surface area contributed by atoms with E-state index in [0.717, 1.165) is 5.52 Å². The quantitative estimate of drug-likeness (QED) is 0.736. The lowest BCUT2D eigenvalue weighted by atomic mass is 10.2. The molecule has 4 heteroatoms. The van der Waals surface area contributed by atoms with Gasteiger partial charge in [0.1, 0.15) is 6.61 Å². The minimum atomic E-state index is -1.19. The Hall–Kier alpha value is -1.94. The summed E-state index contributed by atoms with van der Waals surface area (Å²) >= 11 is 0. The van der Waals surface area contributed by atoms with Gasteiger partial charge in [0.25, 0.3) is 0 Å². The molecule has 2 aromatic rings. The van der Waals surface area contributed by atoms with Gasteiger partial charge in [0.15, 0.2) is 0 Å². The van der Waals surface area contributed by atoms with Crippen molar-refractivity contribution in [3.63, 3.8) is 0 Å². The molecule has 4 nitrogen and oxygen atoms in total. The van der Waals surface area contributed by atoms with Crippen molar-refractivity contribution in [2.24, 2.45) is 0 Å². The molecule has 0 fully saturated rings. The summed E-state index contributed by atoms with van der Waals surface area (Å²) in [7, 11) is 0. The Kier molecular flexibility index (Phi) is 4.25. The maximum absolute atomic E-state index is 9.12. The van der Waals surface area contributed by atoms with Crippen molar-refractivity contribution in [2.45, 2.75) is 0 Å². The van der Waals surface area contributed by atoms with Crippen LogP contribution in [0.3, 0.4) is 0 Å². The van der Waals surface area contributed by atoms with Crippen LogP contribution in [-0.4, -0.2) is 27.8 Å². The number of carboxylic acids is 1. The van der Waals surface area contributed by atoms with E-state index < -0.39 is 12.6 Å². The van der Waals surface area contributed by atoms with Crippen molar-refractivity contribution in [3.05, 3.63) is 42.6 Å². The Morgan fingerprint density at radius 3 is 2.40 bits per heavy atom. The number of carbonyl (C=O) groups is 1. The molecule has 1 heterocycles. The first-order valence-electron chi connectivity index (χ1n) is 4.36. The Balaban J connectivity index is 0.000000195. The second-order valence-corrected chi connectivity index (χ2v) is 2.75. The summed E-state index contributed by atoms with van der Waals surface area (Å²) in [5.41, 5.74) is 1.06. The van der Waals surface area contributed by atoms with Crippen molar-refractivity contribution >= 4 is 16.9 Å². The molecule has 0 radical (unpaired) electrons. The second-order valence-electron chi connectivity index (χ2n) is 2.75. The molecule has 0 bridgehead atoms. The lowest BCUT2D eigenvalue weighted by Gasteiger charge is -1.91. The van der Waals surface area contributed by atoms with Gasteiger partial charge in [-0.15, -0.1) is 0 Å². The molecule has 0 aliphatic heterocycles. The lowest BCUT2D eigenvalue weighted by Crippen LogP contribution is -1.98. The van der Waals surface area contributed by atoms with Gasteiger partial charge in [-0.1, -0.05) is 24.3 Å². The molecular weight excluding hydrogens is 194 g/mol. The normalized spacial score (nSPS) is 9.13. The molecule has 0 amide bonds. The summed E-state index contributed by atoms with van der Waals surface area (Å²) in [6, 6.07) is 12.1. The van der Waals surface area contributed by atoms with E-state index in [1.807, 2.05) is 30.5 Å². The fourth-order valence-electron chi connectivity index (χ4n) is 1.02. The molecule has 0 unspecified atom stereocenters. The van der Waals surface area contributed by atoms with E-state index in [-0.39, 0.29) is 0 Å². The van der Waals surface area contributed by atoms with Crippen LogP contribution in [0.5, 0.6) is 0 Å². The van der Waals surface area contributed by atoms with E-state index >= 15 is 0 Å². The highest BCUT2D eigenvalue weighted by Gasteiger charge is 1.86. The van der Waals surface area contributed by atoms with Gasteiger partial charge in [-0.3, -0.25) is 4.98 Å². The van der Waals surface area contributed by atoms with Crippen LogP contribution in [0.15, 0.2) is 42.6 Å². The van der Waals surface area contributed by atoms with Crippen LogP contribution in [0.4, 0.5) is 0 Å². The zero-order valence-electron chi connectivity index (χ0n) is 8.00. The summed E-state index contributed by atoms with van der Waals surface area (Å²) in [4.78, 5) is 13.3. The van der Waals surface area contributed by atoms with Crippen molar-refractivity contribution in [2.75, 3.05) is 6.61 Å².